The molecule has 278 valence electrons. The number of fused-ring (bicyclic) bond motifs is 2. The molecule has 1 amide bonds. The van der Waals surface area contributed by atoms with Crippen LogP contribution < -0.4 is 5.32 Å². The van der Waals surface area contributed by atoms with Crippen LogP contribution in [0, 0.1) is 18.8 Å². The van der Waals surface area contributed by atoms with Gasteiger partial charge in [-0.15, -0.1) is 0 Å². The second kappa shape index (κ2) is 15.2. The molecular weight excluding hydrogens is 707 g/mol. The SMILES string of the molecule is Cc1ccc(S(=O)(=O)OCCCCC#Cc2ccc3c4ccc(C(=O)O)c5c(C(=O)Nc6c(C(C)C)cccc6C(C)C)ccc(c6cccc2c36)c54)cc1. The van der Waals surface area contributed by atoms with Crippen LogP contribution in [0.2, 0.25) is 0 Å². The van der Waals surface area contributed by atoms with Gasteiger partial charge in [-0.2, -0.15) is 8.42 Å². The Hall–Kier alpha value is -5.75. The van der Waals surface area contributed by atoms with Crippen LogP contribution in [-0.4, -0.2) is 32.0 Å². The number of hydrogen-bond acceptors (Lipinski definition) is 5. The Morgan fingerprint density at radius 3 is 1.93 bits per heavy atom. The minimum Gasteiger partial charge on any atom is -0.478 e. The Balaban J connectivity index is 1.22. The summed E-state index contributed by atoms with van der Waals surface area (Å²) in [6, 6.07) is 29.9. The van der Waals surface area contributed by atoms with Crippen LogP contribution in [0.5, 0.6) is 0 Å². The van der Waals surface area contributed by atoms with Gasteiger partial charge in [-0.25, -0.2) is 4.79 Å². The number of carbonyl (C=O) groups excluding carboxylic acids is 1. The van der Waals surface area contributed by atoms with Gasteiger partial charge in [0.1, 0.15) is 0 Å². The molecule has 0 aliphatic rings. The van der Waals surface area contributed by atoms with Gasteiger partial charge in [0, 0.05) is 28.6 Å². The fraction of sp³-hybridized carbons (Fsp3) is 0.234. The lowest BCUT2D eigenvalue weighted by molar-refractivity contribution is 0.0699. The predicted octanol–water partition coefficient (Wildman–Crippen LogP) is 11.2. The van der Waals surface area contributed by atoms with Gasteiger partial charge in [0.25, 0.3) is 16.0 Å². The highest BCUT2D eigenvalue weighted by molar-refractivity contribution is 7.86. The van der Waals surface area contributed by atoms with E-state index in [9.17, 15) is 23.1 Å². The Bertz CT molecular complexity index is 2740. The fourth-order valence-electron chi connectivity index (χ4n) is 7.57. The Kier molecular flexibility index (Phi) is 10.4. The van der Waals surface area contributed by atoms with E-state index in [2.05, 4.69) is 44.9 Å². The third-order valence-electron chi connectivity index (χ3n) is 10.3. The highest BCUT2D eigenvalue weighted by atomic mass is 32.2. The highest BCUT2D eigenvalue weighted by Crippen LogP contribution is 2.43. The van der Waals surface area contributed by atoms with Crippen LogP contribution in [0.4, 0.5) is 5.69 Å². The molecule has 7 aromatic rings. The predicted molar refractivity (Wildman–Crippen MR) is 222 cm³/mol. The first-order valence-electron chi connectivity index (χ1n) is 18.7. The zero-order valence-electron chi connectivity index (χ0n) is 31.6. The van der Waals surface area contributed by atoms with Crippen LogP contribution >= 0.6 is 0 Å². The Labute approximate surface area is 321 Å². The first-order valence-corrected chi connectivity index (χ1v) is 20.1. The molecule has 0 spiro atoms. The summed E-state index contributed by atoms with van der Waals surface area (Å²) in [7, 11) is -3.80. The normalized spacial score (nSPS) is 11.9. The summed E-state index contributed by atoms with van der Waals surface area (Å²) in [5, 5.41) is 20.4. The van der Waals surface area contributed by atoms with Crippen molar-refractivity contribution in [3.05, 3.63) is 130 Å². The highest BCUT2D eigenvalue weighted by Gasteiger charge is 2.24. The number of rotatable bonds is 11. The lowest BCUT2D eigenvalue weighted by Crippen LogP contribution is -2.17. The molecule has 0 fully saturated rings. The minimum absolute atomic E-state index is 0.0724. The van der Waals surface area contributed by atoms with Gasteiger partial charge in [-0.3, -0.25) is 8.98 Å². The second-order valence-electron chi connectivity index (χ2n) is 14.7. The van der Waals surface area contributed by atoms with Crippen molar-refractivity contribution in [1.29, 1.82) is 0 Å². The van der Waals surface area contributed by atoms with Crippen LogP contribution in [0.1, 0.15) is 102 Å². The number of benzene rings is 7. The van der Waals surface area contributed by atoms with E-state index in [1.807, 2.05) is 67.6 Å². The molecule has 0 heterocycles. The molecule has 0 aliphatic carbocycles. The van der Waals surface area contributed by atoms with Gasteiger partial charge in [0.15, 0.2) is 0 Å². The van der Waals surface area contributed by atoms with Crippen molar-refractivity contribution in [2.24, 2.45) is 0 Å². The molecule has 0 bridgehead atoms. The number of nitrogens with one attached hydrogen (secondary N) is 1. The average Bonchev–Trinajstić information content (AvgIpc) is 3.16. The number of carboxylic acid groups (broad SMARTS) is 1. The van der Waals surface area contributed by atoms with Crippen molar-refractivity contribution in [2.75, 3.05) is 11.9 Å². The van der Waals surface area contributed by atoms with E-state index in [1.54, 1.807) is 36.4 Å². The van der Waals surface area contributed by atoms with Gasteiger partial charge >= 0.3 is 5.97 Å². The summed E-state index contributed by atoms with van der Waals surface area (Å²) >= 11 is 0. The van der Waals surface area contributed by atoms with Crippen molar-refractivity contribution in [1.82, 2.24) is 0 Å². The number of aryl methyl sites for hydroxylation is 1. The fourth-order valence-corrected chi connectivity index (χ4v) is 8.51. The molecule has 0 atom stereocenters. The number of anilines is 1. The smallest absolute Gasteiger partial charge is 0.336 e. The number of amides is 1. The summed E-state index contributed by atoms with van der Waals surface area (Å²) in [5.41, 5.74) is 5.05. The number of aromatic carboxylic acids is 1. The maximum atomic E-state index is 14.3. The third kappa shape index (κ3) is 7.14. The van der Waals surface area contributed by atoms with Crippen molar-refractivity contribution >= 4 is 70.8 Å². The zero-order chi connectivity index (χ0) is 39.0. The van der Waals surface area contributed by atoms with Crippen LogP contribution in [0.15, 0.2) is 102 Å². The third-order valence-corrected chi connectivity index (χ3v) is 11.7. The Morgan fingerprint density at radius 1 is 0.691 bits per heavy atom. The lowest BCUT2D eigenvalue weighted by Gasteiger charge is -2.21. The summed E-state index contributed by atoms with van der Waals surface area (Å²) < 4.78 is 30.2. The van der Waals surface area contributed by atoms with Gasteiger partial charge in [0.05, 0.1) is 17.1 Å². The Morgan fingerprint density at radius 2 is 1.27 bits per heavy atom. The summed E-state index contributed by atoms with van der Waals surface area (Å²) in [6.45, 7) is 10.4. The van der Waals surface area contributed by atoms with Gasteiger partial charge < -0.3 is 10.4 Å². The molecule has 0 aromatic heterocycles. The monoisotopic (exact) mass is 749 g/mol. The first-order chi connectivity index (χ1) is 26.4. The summed E-state index contributed by atoms with van der Waals surface area (Å²) in [6.07, 6.45) is 1.80. The number of para-hydroxylation sites is 1. The van der Waals surface area contributed by atoms with Crippen molar-refractivity contribution in [2.45, 2.75) is 70.6 Å². The molecular formula is C47H43NO6S. The van der Waals surface area contributed by atoms with E-state index in [1.165, 1.54) is 0 Å². The molecule has 0 saturated carbocycles. The largest absolute Gasteiger partial charge is 0.478 e. The lowest BCUT2D eigenvalue weighted by atomic mass is 9.85. The first kappa shape index (κ1) is 37.6. The molecule has 0 radical (unpaired) electrons. The number of carboxylic acids is 1. The number of carbonyl (C=O) groups is 2. The maximum Gasteiger partial charge on any atom is 0.336 e. The molecule has 55 heavy (non-hydrogen) atoms. The van der Waals surface area contributed by atoms with E-state index in [4.69, 9.17) is 4.18 Å². The van der Waals surface area contributed by atoms with E-state index in [-0.39, 0.29) is 34.8 Å². The molecule has 0 saturated heterocycles. The molecule has 7 aromatic carbocycles. The van der Waals surface area contributed by atoms with Gasteiger partial charge in [0.2, 0.25) is 0 Å². The van der Waals surface area contributed by atoms with E-state index < -0.39 is 16.1 Å². The number of hydrogen-bond donors (Lipinski definition) is 2. The summed E-state index contributed by atoms with van der Waals surface area (Å²) in [4.78, 5) is 27.2. The second-order valence-corrected chi connectivity index (χ2v) is 16.3. The molecule has 7 rings (SSSR count). The minimum atomic E-state index is -3.80. The maximum absolute atomic E-state index is 14.3. The molecule has 0 aliphatic heterocycles. The van der Waals surface area contributed by atoms with Crippen LogP contribution in [0.3, 0.4) is 0 Å². The van der Waals surface area contributed by atoms with E-state index in [0.29, 0.717) is 30.2 Å². The van der Waals surface area contributed by atoms with Crippen molar-refractivity contribution in [3.63, 3.8) is 0 Å². The topological polar surface area (TPSA) is 110 Å². The quantitative estimate of drug-likeness (QED) is 0.0448. The molecule has 2 N–H and O–H groups in total. The van der Waals surface area contributed by atoms with Gasteiger partial charge in [-0.1, -0.05) is 112 Å². The van der Waals surface area contributed by atoms with Crippen LogP contribution in [-0.2, 0) is 14.3 Å². The molecule has 7 nitrogen and oxygen atoms in total. The van der Waals surface area contributed by atoms with E-state index >= 15 is 0 Å². The van der Waals surface area contributed by atoms with Crippen molar-refractivity contribution < 1.29 is 27.3 Å². The van der Waals surface area contributed by atoms with Crippen LogP contribution in [0.25, 0.3) is 43.1 Å². The van der Waals surface area contributed by atoms with Gasteiger partial charge in [-0.05, 0) is 111 Å². The zero-order valence-corrected chi connectivity index (χ0v) is 32.4. The van der Waals surface area contributed by atoms with E-state index in [0.717, 1.165) is 65.6 Å². The standard InChI is InChI=1S/C47H43NO6S/c1-28(2)33-13-10-14-34(29(3)4)45(33)48-46(49)40-25-23-38-36-16-11-15-35-31(12-8-6-7-9-27-54-55(52,53)32-20-17-30(5)18-21-32)19-22-37(42(35)36)39-24-26-41(47(50)51)44(40)43(38)39/h10-11,13-26,28-29H,6-7,9,27H2,1-5H3,(H,48,49)(H,50,51). The number of unbranched alkanes of at least 4 members (excludes halogenated alkanes) is 2. The average molecular weight is 750 g/mol. The summed E-state index contributed by atoms with van der Waals surface area (Å²) in [5.74, 6) is 5.48. The molecule has 0 unspecified atom stereocenters. The molecule has 8 heteroatoms. The van der Waals surface area contributed by atoms with Crippen molar-refractivity contribution in [3.8, 4) is 11.8 Å².